The Balaban J connectivity index is 0.000000131. The van der Waals surface area contributed by atoms with E-state index in [-0.39, 0.29) is 67.0 Å². The highest BCUT2D eigenvalue weighted by atomic mass is 35.5. The van der Waals surface area contributed by atoms with Crippen LogP contribution in [-0.2, 0) is 45.1 Å². The van der Waals surface area contributed by atoms with Crippen LogP contribution < -0.4 is 36.1 Å². The summed E-state index contributed by atoms with van der Waals surface area (Å²) < 4.78 is 94.9. The van der Waals surface area contributed by atoms with Gasteiger partial charge in [0.15, 0.2) is 28.2 Å². The molecule has 6 N–H and O–H groups in total. The number of benzene rings is 5. The van der Waals surface area contributed by atoms with E-state index < -0.39 is 35.3 Å². The van der Waals surface area contributed by atoms with Crippen molar-refractivity contribution in [1.29, 1.82) is 0 Å². The molecule has 0 fully saturated rings. The van der Waals surface area contributed by atoms with Gasteiger partial charge in [0.05, 0.1) is 195 Å². The topological polar surface area (TPSA) is 458 Å². The minimum atomic E-state index is -4.46. The number of hydrogen-bond acceptors (Lipinski definition) is 27. The Morgan fingerprint density at radius 3 is 0.823 bits per heavy atom. The molecule has 5 aromatic carbocycles. The van der Waals surface area contributed by atoms with Crippen molar-refractivity contribution < 1.29 is 59.8 Å². The van der Waals surface area contributed by atoms with E-state index in [1.54, 1.807) is 130 Å². The number of halogens is 12. The molecule has 0 unspecified atom stereocenters. The monoisotopic (exact) mass is 2120 g/mol. The Kier molecular flexibility index (Phi) is 31.3. The first-order valence-electron chi connectivity index (χ1n) is 44.5. The molecule has 4 aliphatic heterocycles. The van der Waals surface area contributed by atoms with Gasteiger partial charge in [-0.15, -0.1) is 0 Å². The van der Waals surface area contributed by atoms with Crippen LogP contribution in [-0.4, -0.2) is 179 Å². The van der Waals surface area contributed by atoms with Gasteiger partial charge in [-0.3, -0.25) is 24.0 Å². The van der Waals surface area contributed by atoms with Gasteiger partial charge < -0.3 is 36.1 Å². The number of aromatic amines is 1. The molecule has 0 radical (unpaired) electrons. The Bertz CT molecular complexity index is 8150. The second kappa shape index (κ2) is 44.3. The molecule has 0 saturated carbocycles. The van der Waals surface area contributed by atoms with Crippen molar-refractivity contribution in [1.82, 2.24) is 89.2 Å². The lowest BCUT2D eigenvalue weighted by molar-refractivity contribution is -0.138. The number of ether oxygens (including phenoxy) is 2. The number of aromatic nitrogens is 18. The van der Waals surface area contributed by atoms with Crippen LogP contribution in [0.25, 0.3) is 55.2 Å². The predicted octanol–water partition coefficient (Wildman–Crippen LogP) is 20.9. The minimum absolute atomic E-state index is 0.0781. The van der Waals surface area contributed by atoms with E-state index in [1.807, 2.05) is 48.5 Å². The van der Waals surface area contributed by atoms with Crippen molar-refractivity contribution in [2.24, 2.45) is 40.8 Å². The Morgan fingerprint density at radius 2 is 0.592 bits per heavy atom. The van der Waals surface area contributed by atoms with Crippen molar-refractivity contribution in [2.45, 2.75) is 133 Å². The molecule has 38 nitrogen and oxygen atoms in total. The van der Waals surface area contributed by atoms with Gasteiger partial charge in [-0.2, -0.15) is 108 Å². The maximum absolute atomic E-state index is 12.7. The number of H-pyrrole nitrogens is 1. The van der Waals surface area contributed by atoms with Crippen molar-refractivity contribution in [3.05, 3.63) is 261 Å². The Morgan fingerprint density at radius 1 is 0.333 bits per heavy atom. The number of pyridine rings is 5. The van der Waals surface area contributed by atoms with E-state index in [2.05, 4.69) is 133 Å². The number of aryl methyl sites for hydroxylation is 6. The van der Waals surface area contributed by atoms with Crippen LogP contribution in [0.5, 0.6) is 11.5 Å². The van der Waals surface area contributed by atoms with Crippen LogP contribution in [0.3, 0.4) is 0 Å². The molecule has 15 heterocycles. The van der Waals surface area contributed by atoms with Gasteiger partial charge in [0.25, 0.3) is 29.5 Å². The number of anilines is 5. The molecule has 16 aromatic rings. The third-order valence-corrected chi connectivity index (χ3v) is 25.1. The van der Waals surface area contributed by atoms with Gasteiger partial charge in [0.1, 0.15) is 17.2 Å². The lowest BCUT2D eigenvalue weighted by atomic mass is 10.1. The molecule has 0 spiro atoms. The summed E-state index contributed by atoms with van der Waals surface area (Å²) in [5, 5.41) is 83.9. The highest BCUT2D eigenvalue weighted by Crippen LogP contribution is 2.39. The van der Waals surface area contributed by atoms with E-state index >= 15 is 0 Å². The van der Waals surface area contributed by atoms with Gasteiger partial charge in [0.2, 0.25) is 0 Å². The molecule has 20 rings (SSSR count). The van der Waals surface area contributed by atoms with E-state index in [0.717, 1.165) is 82.8 Å². The van der Waals surface area contributed by atoms with Crippen LogP contribution in [0.1, 0.15) is 149 Å². The fourth-order valence-corrected chi connectivity index (χ4v) is 17.5. The number of rotatable bonds is 22. The van der Waals surface area contributed by atoms with Gasteiger partial charge in [-0.05, 0) is 184 Å². The largest absolute Gasteiger partial charge is 0.497 e. The molecule has 4 aliphatic rings. The lowest BCUT2D eigenvalue weighted by Gasteiger charge is -2.10. The van der Waals surface area contributed by atoms with Crippen LogP contribution in [0.4, 0.5) is 54.8 Å². The van der Waals surface area contributed by atoms with Crippen molar-refractivity contribution >= 4 is 229 Å². The summed E-state index contributed by atoms with van der Waals surface area (Å²) in [6, 6.07) is 29.2. The predicted molar refractivity (Wildman–Crippen MR) is 553 cm³/mol. The van der Waals surface area contributed by atoms with E-state index in [9.17, 15) is 50.3 Å². The van der Waals surface area contributed by atoms with Gasteiger partial charge in [-0.1, -0.05) is 69.6 Å². The average Bonchev–Trinajstić information content (AvgIpc) is 1.64. The molecule has 0 atom stereocenters. The average molecular weight is 2120 g/mol. The molecule has 0 bridgehead atoms. The minimum Gasteiger partial charge on any atom is -0.497 e. The van der Waals surface area contributed by atoms with Crippen molar-refractivity contribution in [2.75, 3.05) is 40.8 Å². The zero-order valence-electron chi connectivity index (χ0n) is 79.4. The molecule has 147 heavy (non-hydrogen) atoms. The molecule has 11 aromatic heterocycles. The second-order valence-corrected chi connectivity index (χ2v) is 35.9. The van der Waals surface area contributed by atoms with Gasteiger partial charge in [0, 0.05) is 113 Å². The molecule has 0 saturated heterocycles. The molecular weight excluding hydrogens is 2040 g/mol. The summed E-state index contributed by atoms with van der Waals surface area (Å²) in [5.41, 5.74) is 15.6. The van der Waals surface area contributed by atoms with Gasteiger partial charge in [-0.25, -0.2) is 48.3 Å². The number of alkyl halides is 6. The highest BCUT2D eigenvalue weighted by Gasteiger charge is 2.34. The normalized spacial score (nSPS) is 13.1. The summed E-state index contributed by atoms with van der Waals surface area (Å²) in [6.07, 6.45) is 2.65. The maximum atomic E-state index is 12.7. The molecule has 50 heteroatoms. The SMILES string of the molecule is CC1=NN=C(Cn2nc(C)c3c(Cl)c(C(=O)Nc4ccc(C(F)(F)F)cc4)cnc32)C1.CC1=NN=C(Cn2nc(C)c3c(Cl)c(C(=O)Nc4ccc(Cl)cc4)cnc32)C1.COc1ccc(NC(=O)c2cnc3c(c(C)nn3CC3=NN=C(C)C3)c2Cl)cc1.COc1ccc(NC(=O)c2cnc3c(c(C)nn3CC3=NN=CC3)c2Cl)cc1.Cc1n[nH]nc1Cn1nc(C)c2c(Cl)c(C(=O)Nc3ccc(C(F)(F)F)cc3)cnc21. The smallest absolute Gasteiger partial charge is 0.416 e. The zero-order chi connectivity index (χ0) is 105. The van der Waals surface area contributed by atoms with Crippen molar-refractivity contribution in [3.63, 3.8) is 0 Å². The number of fused-ring (bicyclic) bond motifs is 5. The van der Waals surface area contributed by atoms with E-state index in [1.165, 1.54) is 55.2 Å². The van der Waals surface area contributed by atoms with Crippen LogP contribution >= 0.6 is 69.6 Å². The number of methoxy groups -OCH3 is 2. The highest BCUT2D eigenvalue weighted by molar-refractivity contribution is 6.42. The van der Waals surface area contributed by atoms with E-state index in [4.69, 9.17) is 79.1 Å². The Labute approximate surface area is 860 Å². The summed E-state index contributed by atoms with van der Waals surface area (Å²) in [5.74, 6) is -0.803. The Hall–Kier alpha value is -16.0. The summed E-state index contributed by atoms with van der Waals surface area (Å²) in [6.45, 7) is 18.7. The molecule has 5 amide bonds. The fraction of sp³-hybridized carbons (Fsp3) is 0.227. The number of hydrogen-bond donors (Lipinski definition) is 6. The number of amides is 5. The first-order valence-corrected chi connectivity index (χ1v) is 46.7. The summed E-state index contributed by atoms with van der Waals surface area (Å²) in [7, 11) is 3.17. The molecule has 0 aliphatic carbocycles. The summed E-state index contributed by atoms with van der Waals surface area (Å²) >= 11 is 38.5. The number of carbonyl (C=O) groups excluding carboxylic acids is 5. The third kappa shape index (κ3) is 23.8. The number of nitrogens with one attached hydrogen (secondary N) is 6. The van der Waals surface area contributed by atoms with E-state index in [0.29, 0.717) is 184 Å². The summed E-state index contributed by atoms with van der Waals surface area (Å²) in [4.78, 5) is 85.5. The van der Waals surface area contributed by atoms with Gasteiger partial charge >= 0.3 is 12.4 Å². The lowest BCUT2D eigenvalue weighted by Crippen LogP contribution is -2.14. The fourth-order valence-electron chi connectivity index (χ4n) is 15.6. The van der Waals surface area contributed by atoms with Crippen LogP contribution in [0.2, 0.25) is 30.1 Å². The second-order valence-electron chi connectivity index (χ2n) is 33.6. The first kappa shape index (κ1) is 104. The molecular formula is C97H83Cl6F6N31O7. The standard InChI is InChI=1S/C20H16ClF3N6O.C20H19ClN6O2.C19H16Cl2N6O.C19H15ClF3N7O.C19H17ClN6O2/c1-10-7-14(28-27-10)9-30-18-16(11(2)29-30)17(21)15(8-25-18)19(31)26-13-5-3-12(4-6-13)20(22,23)24;1-11-8-14(25-24-11)10-27-19-17(12(2)26-27)18(21)16(9-22-19)20(28)23-13-4-6-15(29-3)7-5-13;1-10-7-14(25-24-10)9-27-18-16(11(2)26-27)17(21)15(8-22-18)19(28)23-13-5-3-12(20)4-6-13;1-9-14(27-29-26-9)8-30-17-15(10(2)28-30)16(20)13(7-24-17)18(31)25-12-5-3-11(4-6-12)19(21,22)23;1-11-16-17(20)15(19(27)23-12-3-5-14(28-2)6-4-12)9-21-18(16)26(25-11)10-13-7-8-22-24-13/h3-6,8H,7,9H2,1-2H3,(H,26,31);4-7,9H,8,10H2,1-3H3,(H,23,28);3-6,8H,7,9H2,1-2H3,(H,23,28);3-7H,8H2,1-2H3,(H,25,31)(H,26,27,29);3-6,8-9H,7,10H2,1-2H3,(H,23,27). The maximum Gasteiger partial charge on any atom is 0.416 e. The van der Waals surface area contributed by atoms with Crippen molar-refractivity contribution in [3.8, 4) is 11.5 Å². The first-order chi connectivity index (χ1) is 70.2. The zero-order valence-corrected chi connectivity index (χ0v) is 84.0. The van der Waals surface area contributed by atoms with Crippen LogP contribution in [0.15, 0.2) is 193 Å². The van der Waals surface area contributed by atoms with Crippen LogP contribution in [0, 0.1) is 41.5 Å². The number of nitrogens with zero attached hydrogens (tertiary/aromatic N) is 25. The number of carbonyl (C=O) groups is 5. The third-order valence-electron chi connectivity index (χ3n) is 22.8. The quantitative estimate of drug-likeness (QED) is 0.0343. The molecule has 752 valence electrons.